The lowest BCUT2D eigenvalue weighted by Gasteiger charge is -2.39. The fraction of sp³-hybridized carbons (Fsp3) is 0.476. The average Bonchev–Trinajstić information content (AvgIpc) is 3.35. The molecule has 3 aromatic rings. The molecule has 2 atom stereocenters. The minimum Gasteiger partial charge on any atom is -0.357 e. The van der Waals surface area contributed by atoms with E-state index in [0.29, 0.717) is 18.5 Å². The molecular weight excluding hydrogens is 477 g/mol. The highest BCUT2D eigenvalue weighted by molar-refractivity contribution is 14.0. The maximum absolute atomic E-state index is 4.93. The number of nitrogens with zero attached hydrogens (tertiary/aromatic N) is 6. The number of fused-ring (bicyclic) bond motifs is 1. The van der Waals surface area contributed by atoms with Gasteiger partial charge in [0, 0.05) is 39.1 Å². The summed E-state index contributed by atoms with van der Waals surface area (Å²) >= 11 is 0. The van der Waals surface area contributed by atoms with Gasteiger partial charge in [0.15, 0.2) is 5.96 Å². The van der Waals surface area contributed by atoms with Crippen molar-refractivity contribution in [2.75, 3.05) is 19.6 Å². The van der Waals surface area contributed by atoms with Crippen LogP contribution in [0.3, 0.4) is 0 Å². The molecule has 0 aliphatic carbocycles. The molecule has 1 aromatic carbocycles. The van der Waals surface area contributed by atoms with E-state index in [1.165, 1.54) is 0 Å². The van der Waals surface area contributed by atoms with E-state index < -0.39 is 0 Å². The molecule has 0 saturated carbocycles. The van der Waals surface area contributed by atoms with Crippen LogP contribution in [0.15, 0.2) is 48.0 Å². The standard InChI is InChI=1S/C21H29N7.HI/c1-4-23-21(24-13-20-25-17-7-5-6-8-18(17)26(20)3)27-11-9-16(2)19(14-27)28-12-10-22-15-28;/h5-8,10,12,15-16,19H,4,9,11,13-14H2,1-3H3,(H,23,24);1H. The third-order valence-corrected chi connectivity index (χ3v) is 5.71. The number of likely N-dealkylation sites (tertiary alicyclic amines) is 1. The van der Waals surface area contributed by atoms with E-state index in [4.69, 9.17) is 9.98 Å². The number of imidazole rings is 2. The van der Waals surface area contributed by atoms with Crippen molar-refractivity contribution in [2.45, 2.75) is 32.9 Å². The number of hydrogen-bond donors (Lipinski definition) is 1. The van der Waals surface area contributed by atoms with Crippen molar-refractivity contribution in [3.05, 3.63) is 48.8 Å². The van der Waals surface area contributed by atoms with Crippen molar-refractivity contribution in [2.24, 2.45) is 18.0 Å². The Morgan fingerprint density at radius 1 is 1.31 bits per heavy atom. The number of piperidine rings is 1. The zero-order chi connectivity index (χ0) is 19.5. The molecule has 2 unspecified atom stereocenters. The monoisotopic (exact) mass is 507 g/mol. The van der Waals surface area contributed by atoms with Gasteiger partial charge in [-0.2, -0.15) is 0 Å². The molecular formula is C21H30IN7. The Labute approximate surface area is 189 Å². The smallest absolute Gasteiger partial charge is 0.194 e. The summed E-state index contributed by atoms with van der Waals surface area (Å²) in [4.78, 5) is 16.3. The first-order valence-electron chi connectivity index (χ1n) is 10.1. The fourth-order valence-corrected chi connectivity index (χ4v) is 4.00. The van der Waals surface area contributed by atoms with E-state index in [1.54, 1.807) is 0 Å². The Bertz CT molecular complexity index is 947. The summed E-state index contributed by atoms with van der Waals surface area (Å²) in [5.74, 6) is 2.56. The lowest BCUT2D eigenvalue weighted by molar-refractivity contribution is 0.189. The molecule has 1 saturated heterocycles. The van der Waals surface area contributed by atoms with Gasteiger partial charge in [-0.15, -0.1) is 24.0 Å². The summed E-state index contributed by atoms with van der Waals surface area (Å²) < 4.78 is 4.36. The van der Waals surface area contributed by atoms with Gasteiger partial charge in [-0.05, 0) is 31.4 Å². The van der Waals surface area contributed by atoms with Gasteiger partial charge in [0.2, 0.25) is 0 Å². The molecule has 0 bridgehead atoms. The van der Waals surface area contributed by atoms with E-state index in [-0.39, 0.29) is 24.0 Å². The van der Waals surface area contributed by atoms with Crippen LogP contribution in [0, 0.1) is 5.92 Å². The zero-order valence-corrected chi connectivity index (χ0v) is 19.7. The highest BCUT2D eigenvalue weighted by atomic mass is 127. The Morgan fingerprint density at radius 2 is 2.14 bits per heavy atom. The van der Waals surface area contributed by atoms with Crippen LogP contribution in [-0.4, -0.2) is 49.6 Å². The van der Waals surface area contributed by atoms with E-state index in [1.807, 2.05) is 24.7 Å². The van der Waals surface area contributed by atoms with Crippen molar-refractivity contribution < 1.29 is 0 Å². The molecule has 29 heavy (non-hydrogen) atoms. The van der Waals surface area contributed by atoms with Gasteiger partial charge in [0.1, 0.15) is 12.4 Å². The first kappa shape index (κ1) is 21.6. The zero-order valence-electron chi connectivity index (χ0n) is 17.3. The largest absolute Gasteiger partial charge is 0.357 e. The van der Waals surface area contributed by atoms with Crippen molar-refractivity contribution in [1.82, 2.24) is 29.3 Å². The number of rotatable bonds is 4. The molecule has 7 nitrogen and oxygen atoms in total. The second kappa shape index (κ2) is 9.60. The van der Waals surface area contributed by atoms with E-state index in [9.17, 15) is 0 Å². The van der Waals surface area contributed by atoms with Crippen LogP contribution < -0.4 is 5.32 Å². The third-order valence-electron chi connectivity index (χ3n) is 5.71. The Morgan fingerprint density at radius 3 is 2.86 bits per heavy atom. The predicted molar refractivity (Wildman–Crippen MR) is 128 cm³/mol. The molecule has 1 aliphatic rings. The minimum absolute atomic E-state index is 0. The number of aryl methyl sites for hydroxylation is 1. The summed E-state index contributed by atoms with van der Waals surface area (Å²) in [7, 11) is 2.06. The molecule has 8 heteroatoms. The molecule has 4 rings (SSSR count). The number of benzene rings is 1. The van der Waals surface area contributed by atoms with Gasteiger partial charge < -0.3 is 19.4 Å². The normalized spacial score (nSPS) is 20.0. The molecule has 156 valence electrons. The first-order chi connectivity index (χ1) is 13.7. The van der Waals surface area contributed by atoms with Gasteiger partial charge in [0.25, 0.3) is 0 Å². The Hall–Kier alpha value is -2.10. The van der Waals surface area contributed by atoms with Crippen LogP contribution in [-0.2, 0) is 13.6 Å². The molecule has 0 amide bonds. The van der Waals surface area contributed by atoms with Crippen LogP contribution in [0.5, 0.6) is 0 Å². The predicted octanol–water partition coefficient (Wildman–Crippen LogP) is 3.44. The van der Waals surface area contributed by atoms with Crippen molar-refractivity contribution in [1.29, 1.82) is 0 Å². The number of halogens is 1. The Balaban J connectivity index is 0.00000240. The van der Waals surface area contributed by atoms with Crippen molar-refractivity contribution >= 4 is 41.0 Å². The van der Waals surface area contributed by atoms with E-state index in [0.717, 1.165) is 48.9 Å². The molecule has 2 aromatic heterocycles. The quantitative estimate of drug-likeness (QED) is 0.334. The number of hydrogen-bond acceptors (Lipinski definition) is 3. The summed E-state index contributed by atoms with van der Waals surface area (Å²) in [6.45, 7) is 7.81. The maximum atomic E-state index is 4.93. The van der Waals surface area contributed by atoms with Crippen molar-refractivity contribution in [3.63, 3.8) is 0 Å². The molecule has 1 N–H and O–H groups in total. The average molecular weight is 507 g/mol. The molecule has 0 radical (unpaired) electrons. The number of aliphatic imine (C=N–C) groups is 1. The number of nitrogens with one attached hydrogen (secondary N) is 1. The molecule has 1 aliphatic heterocycles. The molecule has 0 spiro atoms. The van der Waals surface area contributed by atoms with Crippen LogP contribution in [0.2, 0.25) is 0 Å². The highest BCUT2D eigenvalue weighted by Crippen LogP contribution is 2.27. The van der Waals surface area contributed by atoms with Crippen LogP contribution in [0.1, 0.15) is 32.1 Å². The van der Waals surface area contributed by atoms with Crippen LogP contribution in [0.25, 0.3) is 11.0 Å². The second-order valence-corrected chi connectivity index (χ2v) is 7.54. The van der Waals surface area contributed by atoms with E-state index in [2.05, 4.69) is 63.6 Å². The number of para-hydroxylation sites is 2. The van der Waals surface area contributed by atoms with Gasteiger partial charge in [-0.25, -0.2) is 15.0 Å². The van der Waals surface area contributed by atoms with Crippen LogP contribution >= 0.6 is 24.0 Å². The van der Waals surface area contributed by atoms with Gasteiger partial charge in [0.05, 0.1) is 23.4 Å². The Kier molecular flexibility index (Phi) is 7.15. The van der Waals surface area contributed by atoms with E-state index >= 15 is 0 Å². The molecule has 3 heterocycles. The number of guanidine groups is 1. The number of aromatic nitrogens is 4. The van der Waals surface area contributed by atoms with Gasteiger partial charge in [-0.3, -0.25) is 0 Å². The summed E-state index contributed by atoms with van der Waals surface area (Å²) in [6, 6.07) is 8.64. The lowest BCUT2D eigenvalue weighted by Crippen LogP contribution is -2.49. The fourth-order valence-electron chi connectivity index (χ4n) is 4.00. The summed E-state index contributed by atoms with van der Waals surface area (Å²) in [5, 5.41) is 3.47. The highest BCUT2D eigenvalue weighted by Gasteiger charge is 2.28. The van der Waals surface area contributed by atoms with Gasteiger partial charge >= 0.3 is 0 Å². The SMILES string of the molecule is CCNC(=NCc1nc2ccccc2n1C)N1CCC(C)C(n2ccnc2)C1.I. The van der Waals surface area contributed by atoms with Gasteiger partial charge in [-0.1, -0.05) is 19.1 Å². The first-order valence-corrected chi connectivity index (χ1v) is 10.1. The maximum Gasteiger partial charge on any atom is 0.194 e. The minimum atomic E-state index is 0. The van der Waals surface area contributed by atoms with Crippen LogP contribution in [0.4, 0.5) is 0 Å². The molecule has 1 fully saturated rings. The third kappa shape index (κ3) is 4.57. The summed E-state index contributed by atoms with van der Waals surface area (Å²) in [6.07, 6.45) is 6.98. The topological polar surface area (TPSA) is 63.3 Å². The van der Waals surface area contributed by atoms with Crippen molar-refractivity contribution in [3.8, 4) is 0 Å². The summed E-state index contributed by atoms with van der Waals surface area (Å²) in [5.41, 5.74) is 2.16. The lowest BCUT2D eigenvalue weighted by atomic mass is 9.93. The second-order valence-electron chi connectivity index (χ2n) is 7.54.